The maximum atomic E-state index is 12.3. The van der Waals surface area contributed by atoms with E-state index in [4.69, 9.17) is 4.74 Å². The molecule has 122 valence electrons. The first-order chi connectivity index (χ1) is 11.6. The van der Waals surface area contributed by atoms with Crippen molar-refractivity contribution in [3.05, 3.63) is 71.3 Å². The first-order valence-corrected chi connectivity index (χ1v) is 7.84. The van der Waals surface area contributed by atoms with E-state index in [1.165, 1.54) is 0 Å². The predicted octanol–water partition coefficient (Wildman–Crippen LogP) is 3.87. The number of carbonyl (C=O) groups is 1. The maximum Gasteiger partial charge on any atom is 0.262 e. The Morgan fingerprint density at radius 3 is 2.46 bits per heavy atom. The van der Waals surface area contributed by atoms with Crippen molar-refractivity contribution < 1.29 is 9.53 Å². The second-order valence-electron chi connectivity index (χ2n) is 5.28. The number of nitrogens with one attached hydrogen (secondary N) is 1. The van der Waals surface area contributed by atoms with Gasteiger partial charge in [-0.1, -0.05) is 42.5 Å². The molecule has 2 rings (SSSR count). The summed E-state index contributed by atoms with van der Waals surface area (Å²) in [5.41, 5.74) is 1.84. The number of nitrogens with zero attached hydrogens (tertiary/aromatic N) is 1. The van der Waals surface area contributed by atoms with Gasteiger partial charge in [-0.25, -0.2) is 0 Å². The molecular formula is C20H20N2O2. The fraction of sp³-hybridized carbons (Fsp3) is 0.200. The molecule has 2 aromatic rings. The van der Waals surface area contributed by atoms with Gasteiger partial charge in [0.05, 0.1) is 12.6 Å². The summed E-state index contributed by atoms with van der Waals surface area (Å²) in [6, 6.07) is 18.7. The van der Waals surface area contributed by atoms with Crippen LogP contribution in [0.15, 0.2) is 60.2 Å². The molecule has 4 heteroatoms. The van der Waals surface area contributed by atoms with Crippen LogP contribution >= 0.6 is 0 Å². The average molecular weight is 320 g/mol. The number of carbonyl (C=O) groups excluding carboxylic acids is 1. The van der Waals surface area contributed by atoms with E-state index in [0.29, 0.717) is 6.61 Å². The minimum absolute atomic E-state index is 0.0712. The maximum absolute atomic E-state index is 12.3. The molecule has 0 unspecified atom stereocenters. The van der Waals surface area contributed by atoms with Crippen molar-refractivity contribution in [1.82, 2.24) is 5.32 Å². The van der Waals surface area contributed by atoms with Crippen molar-refractivity contribution in [2.45, 2.75) is 19.9 Å². The predicted molar refractivity (Wildman–Crippen MR) is 94.2 cm³/mol. The van der Waals surface area contributed by atoms with Crippen LogP contribution in [0.3, 0.4) is 0 Å². The minimum atomic E-state index is -0.386. The van der Waals surface area contributed by atoms with Crippen LogP contribution in [0.5, 0.6) is 5.75 Å². The molecule has 0 aliphatic heterocycles. The second-order valence-corrected chi connectivity index (χ2v) is 5.28. The molecule has 0 saturated carbocycles. The third-order valence-corrected chi connectivity index (χ3v) is 3.51. The van der Waals surface area contributed by atoms with Crippen molar-refractivity contribution in [3.8, 4) is 11.8 Å². The lowest BCUT2D eigenvalue weighted by molar-refractivity contribution is -0.117. The van der Waals surface area contributed by atoms with Crippen LogP contribution in [-0.4, -0.2) is 12.5 Å². The molecule has 0 bridgehead atoms. The van der Waals surface area contributed by atoms with Gasteiger partial charge in [0, 0.05) is 0 Å². The van der Waals surface area contributed by atoms with Crippen LogP contribution < -0.4 is 10.1 Å². The third-order valence-electron chi connectivity index (χ3n) is 3.51. The lowest BCUT2D eigenvalue weighted by atomic mass is 10.1. The molecule has 1 atom stereocenters. The summed E-state index contributed by atoms with van der Waals surface area (Å²) < 4.78 is 5.38. The molecular weight excluding hydrogens is 300 g/mol. The average Bonchev–Trinajstić information content (AvgIpc) is 2.62. The Balaban J connectivity index is 2.09. The number of amides is 1. The van der Waals surface area contributed by atoms with Gasteiger partial charge in [0.25, 0.3) is 5.91 Å². The molecule has 0 radical (unpaired) electrons. The number of hydrogen-bond acceptors (Lipinski definition) is 3. The molecule has 2 aromatic carbocycles. The van der Waals surface area contributed by atoms with E-state index in [1.807, 2.05) is 74.5 Å². The molecule has 0 saturated heterocycles. The van der Waals surface area contributed by atoms with Gasteiger partial charge < -0.3 is 10.1 Å². The Morgan fingerprint density at radius 1 is 1.21 bits per heavy atom. The molecule has 0 aliphatic rings. The normalized spacial score (nSPS) is 12.1. The Bertz CT molecular complexity index is 743. The van der Waals surface area contributed by atoms with Gasteiger partial charge >= 0.3 is 0 Å². The van der Waals surface area contributed by atoms with Crippen molar-refractivity contribution in [2.24, 2.45) is 0 Å². The monoisotopic (exact) mass is 320 g/mol. The Morgan fingerprint density at radius 2 is 1.88 bits per heavy atom. The van der Waals surface area contributed by atoms with Crippen LogP contribution in [0, 0.1) is 11.3 Å². The van der Waals surface area contributed by atoms with Crippen LogP contribution in [0.1, 0.15) is 31.0 Å². The molecule has 0 spiro atoms. The van der Waals surface area contributed by atoms with Gasteiger partial charge in [-0.05, 0) is 43.2 Å². The molecule has 1 N–H and O–H groups in total. The zero-order valence-corrected chi connectivity index (χ0v) is 13.8. The van der Waals surface area contributed by atoms with Crippen LogP contribution in [0.25, 0.3) is 6.08 Å². The van der Waals surface area contributed by atoms with E-state index in [-0.39, 0.29) is 17.5 Å². The number of benzene rings is 2. The number of hydrogen-bond donors (Lipinski definition) is 1. The quantitative estimate of drug-likeness (QED) is 0.649. The first kappa shape index (κ1) is 17.3. The summed E-state index contributed by atoms with van der Waals surface area (Å²) in [4.78, 5) is 12.3. The van der Waals surface area contributed by atoms with Crippen molar-refractivity contribution in [2.75, 3.05) is 6.61 Å². The molecule has 1 amide bonds. The third kappa shape index (κ3) is 4.72. The smallest absolute Gasteiger partial charge is 0.262 e. The van der Waals surface area contributed by atoms with Crippen LogP contribution in [0.2, 0.25) is 0 Å². The van der Waals surface area contributed by atoms with Gasteiger partial charge in [-0.3, -0.25) is 4.79 Å². The second kappa shape index (κ2) is 8.54. The van der Waals surface area contributed by atoms with E-state index < -0.39 is 0 Å². The largest absolute Gasteiger partial charge is 0.494 e. The summed E-state index contributed by atoms with van der Waals surface area (Å²) in [7, 11) is 0. The summed E-state index contributed by atoms with van der Waals surface area (Å²) >= 11 is 0. The summed E-state index contributed by atoms with van der Waals surface area (Å²) in [6.07, 6.45) is 1.57. The van der Waals surface area contributed by atoms with E-state index in [1.54, 1.807) is 6.08 Å². The Kier molecular flexibility index (Phi) is 6.16. The van der Waals surface area contributed by atoms with E-state index in [0.717, 1.165) is 16.9 Å². The van der Waals surface area contributed by atoms with Crippen molar-refractivity contribution in [3.63, 3.8) is 0 Å². The fourth-order valence-corrected chi connectivity index (χ4v) is 2.24. The Labute approximate surface area is 142 Å². The highest BCUT2D eigenvalue weighted by Crippen LogP contribution is 2.16. The molecule has 24 heavy (non-hydrogen) atoms. The van der Waals surface area contributed by atoms with Gasteiger partial charge in [-0.2, -0.15) is 5.26 Å². The topological polar surface area (TPSA) is 62.1 Å². The van der Waals surface area contributed by atoms with Crippen molar-refractivity contribution in [1.29, 1.82) is 5.26 Å². The van der Waals surface area contributed by atoms with E-state index in [2.05, 4.69) is 5.32 Å². The van der Waals surface area contributed by atoms with E-state index in [9.17, 15) is 10.1 Å². The lowest BCUT2D eigenvalue weighted by Gasteiger charge is -2.13. The van der Waals surface area contributed by atoms with Gasteiger partial charge in [0.2, 0.25) is 0 Å². The minimum Gasteiger partial charge on any atom is -0.494 e. The number of rotatable bonds is 6. The highest BCUT2D eigenvalue weighted by atomic mass is 16.5. The highest BCUT2D eigenvalue weighted by molar-refractivity contribution is 6.01. The molecule has 4 nitrogen and oxygen atoms in total. The number of nitriles is 1. The van der Waals surface area contributed by atoms with Crippen LogP contribution in [0.4, 0.5) is 0 Å². The number of ether oxygens (including phenoxy) is 1. The molecule has 0 fully saturated rings. The SMILES string of the molecule is CCOc1ccc(/C=C(\C#N)C(=O)N[C@@H](C)c2ccccc2)cc1. The summed E-state index contributed by atoms with van der Waals surface area (Å²) in [6.45, 7) is 4.40. The van der Waals surface area contributed by atoms with E-state index >= 15 is 0 Å². The Hall–Kier alpha value is -3.06. The fourth-order valence-electron chi connectivity index (χ4n) is 2.24. The van der Waals surface area contributed by atoms with Crippen LogP contribution in [-0.2, 0) is 4.79 Å². The zero-order chi connectivity index (χ0) is 17.4. The molecule has 0 heterocycles. The zero-order valence-electron chi connectivity index (χ0n) is 13.8. The molecule has 0 aliphatic carbocycles. The van der Waals surface area contributed by atoms with Gasteiger partial charge in [-0.15, -0.1) is 0 Å². The summed E-state index contributed by atoms with van der Waals surface area (Å²) in [5, 5.41) is 12.1. The van der Waals surface area contributed by atoms with Crippen molar-refractivity contribution >= 4 is 12.0 Å². The summed E-state index contributed by atoms with van der Waals surface area (Å²) in [5.74, 6) is 0.373. The lowest BCUT2D eigenvalue weighted by Crippen LogP contribution is -2.27. The highest BCUT2D eigenvalue weighted by Gasteiger charge is 2.13. The van der Waals surface area contributed by atoms with Gasteiger partial charge in [0.1, 0.15) is 17.4 Å². The molecule has 0 aromatic heterocycles. The van der Waals surface area contributed by atoms with Gasteiger partial charge in [0.15, 0.2) is 0 Å². The standard InChI is InChI=1S/C20H20N2O2/c1-3-24-19-11-9-16(10-12-19)13-18(14-21)20(23)22-15(2)17-7-5-4-6-8-17/h4-13,15H,3H2,1-2H3,(H,22,23)/b18-13+/t15-/m0/s1. The first-order valence-electron chi connectivity index (χ1n) is 7.84.